The molecule has 1 heterocycles. The molecule has 9 heteroatoms. The van der Waals surface area contributed by atoms with E-state index < -0.39 is 0 Å². The van der Waals surface area contributed by atoms with Crippen LogP contribution in [0.3, 0.4) is 0 Å². The monoisotopic (exact) mass is 594 g/mol. The summed E-state index contributed by atoms with van der Waals surface area (Å²) in [6.45, 7) is 0.0904. The lowest BCUT2D eigenvalue weighted by atomic mass is 10.2. The third kappa shape index (κ3) is 5.61. The molecule has 1 saturated heterocycles. The summed E-state index contributed by atoms with van der Waals surface area (Å²) in [5.74, 6) is 0.000180. The molecule has 0 atom stereocenters. The Kier molecular flexibility index (Phi) is 7.35. The number of aliphatic imine (C=N–C) groups is 1. The summed E-state index contributed by atoms with van der Waals surface area (Å²) in [5.41, 5.74) is 1.94. The molecule has 4 rings (SSSR count). The average molecular weight is 597 g/mol. The molecule has 0 saturated carbocycles. The SMILES string of the molecule is O=C1NC(=Nc2ccc(Cl)cc2)S/C1=C\c1cc(Br)c(OCc2ccccc2F)c(Br)c1. The summed E-state index contributed by atoms with van der Waals surface area (Å²) in [6, 6.07) is 17.2. The second-order valence-electron chi connectivity index (χ2n) is 6.65. The van der Waals surface area contributed by atoms with Gasteiger partial charge in [-0.25, -0.2) is 9.38 Å². The van der Waals surface area contributed by atoms with Crippen molar-refractivity contribution in [1.29, 1.82) is 0 Å². The fourth-order valence-electron chi connectivity index (χ4n) is 2.83. The van der Waals surface area contributed by atoms with Crippen molar-refractivity contribution in [2.45, 2.75) is 6.61 Å². The van der Waals surface area contributed by atoms with Gasteiger partial charge in [0, 0.05) is 10.6 Å². The predicted octanol–water partition coefficient (Wildman–Crippen LogP) is 7.47. The lowest BCUT2D eigenvalue weighted by molar-refractivity contribution is -0.115. The Balaban J connectivity index is 1.51. The van der Waals surface area contributed by atoms with Crippen molar-refractivity contribution < 1.29 is 13.9 Å². The van der Waals surface area contributed by atoms with Gasteiger partial charge in [-0.05, 0) is 97.7 Å². The number of rotatable bonds is 5. The first-order valence-corrected chi connectivity index (χ1v) is 12.1. The van der Waals surface area contributed by atoms with E-state index in [1.807, 2.05) is 12.1 Å². The molecule has 0 aromatic heterocycles. The summed E-state index contributed by atoms with van der Waals surface area (Å²) >= 11 is 14.1. The highest BCUT2D eigenvalue weighted by Crippen LogP contribution is 2.37. The van der Waals surface area contributed by atoms with Gasteiger partial charge in [-0.15, -0.1) is 0 Å². The Morgan fingerprint density at radius 1 is 1.09 bits per heavy atom. The molecule has 0 aliphatic carbocycles. The lowest BCUT2D eigenvalue weighted by Crippen LogP contribution is -2.19. The highest BCUT2D eigenvalue weighted by molar-refractivity contribution is 9.11. The fourth-order valence-corrected chi connectivity index (χ4v) is 5.25. The first kappa shape index (κ1) is 23.0. The number of carbonyl (C=O) groups is 1. The zero-order chi connectivity index (χ0) is 22.7. The summed E-state index contributed by atoms with van der Waals surface area (Å²) in [6.07, 6.45) is 1.76. The van der Waals surface area contributed by atoms with Crippen molar-refractivity contribution in [1.82, 2.24) is 5.32 Å². The number of amides is 1. The molecule has 4 nitrogen and oxygen atoms in total. The van der Waals surface area contributed by atoms with Gasteiger partial charge in [0.25, 0.3) is 5.91 Å². The quantitative estimate of drug-likeness (QED) is 0.311. The first-order chi connectivity index (χ1) is 15.4. The molecule has 0 unspecified atom stereocenters. The van der Waals surface area contributed by atoms with Crippen molar-refractivity contribution >= 4 is 78.1 Å². The topological polar surface area (TPSA) is 50.7 Å². The molecule has 0 spiro atoms. The Bertz CT molecular complexity index is 1230. The molecule has 162 valence electrons. The van der Waals surface area contributed by atoms with E-state index in [-0.39, 0.29) is 18.3 Å². The van der Waals surface area contributed by atoms with Crippen molar-refractivity contribution in [2.75, 3.05) is 0 Å². The van der Waals surface area contributed by atoms with E-state index in [0.29, 0.717) is 41.0 Å². The van der Waals surface area contributed by atoms with Gasteiger partial charge < -0.3 is 10.1 Å². The van der Waals surface area contributed by atoms with Crippen LogP contribution in [0.4, 0.5) is 10.1 Å². The van der Waals surface area contributed by atoms with Crippen LogP contribution >= 0.6 is 55.2 Å². The smallest absolute Gasteiger partial charge is 0.264 e. The molecule has 1 fully saturated rings. The molecule has 1 N–H and O–H groups in total. The van der Waals surface area contributed by atoms with Crippen LogP contribution < -0.4 is 10.1 Å². The molecule has 0 bridgehead atoms. The van der Waals surface area contributed by atoms with Crippen LogP contribution in [0.2, 0.25) is 5.02 Å². The number of carbonyl (C=O) groups excluding carboxylic acids is 1. The van der Waals surface area contributed by atoms with Crippen molar-refractivity contribution in [3.63, 3.8) is 0 Å². The van der Waals surface area contributed by atoms with Crippen LogP contribution in [0.25, 0.3) is 6.08 Å². The largest absolute Gasteiger partial charge is 0.486 e. The first-order valence-electron chi connectivity index (χ1n) is 9.29. The molecule has 0 radical (unpaired) electrons. The van der Waals surface area contributed by atoms with E-state index in [2.05, 4.69) is 42.2 Å². The number of benzene rings is 3. The normalized spacial score (nSPS) is 15.9. The van der Waals surface area contributed by atoms with E-state index >= 15 is 0 Å². The highest BCUT2D eigenvalue weighted by Gasteiger charge is 2.24. The second-order valence-corrected chi connectivity index (χ2v) is 9.83. The second kappa shape index (κ2) is 10.2. The maximum atomic E-state index is 13.8. The number of nitrogens with one attached hydrogen (secondary N) is 1. The minimum absolute atomic E-state index is 0.0904. The maximum absolute atomic E-state index is 13.8. The lowest BCUT2D eigenvalue weighted by Gasteiger charge is -2.12. The van der Waals surface area contributed by atoms with Crippen LogP contribution in [0, 0.1) is 5.82 Å². The van der Waals surface area contributed by atoms with E-state index in [1.54, 1.807) is 48.5 Å². The third-order valence-corrected chi connectivity index (χ3v) is 6.70. The zero-order valence-electron chi connectivity index (χ0n) is 16.2. The summed E-state index contributed by atoms with van der Waals surface area (Å²) < 4.78 is 21.0. The van der Waals surface area contributed by atoms with Crippen LogP contribution in [-0.2, 0) is 11.4 Å². The van der Waals surface area contributed by atoms with E-state index in [0.717, 1.165) is 5.56 Å². The molecule has 32 heavy (non-hydrogen) atoms. The van der Waals surface area contributed by atoms with Gasteiger partial charge in [0.15, 0.2) is 5.17 Å². The van der Waals surface area contributed by atoms with Crippen LogP contribution in [0.15, 0.2) is 79.5 Å². The Labute approximate surface area is 210 Å². The van der Waals surface area contributed by atoms with Crippen molar-refractivity contribution in [3.05, 3.63) is 96.5 Å². The van der Waals surface area contributed by atoms with Gasteiger partial charge in [-0.2, -0.15) is 0 Å². The van der Waals surface area contributed by atoms with Gasteiger partial charge in [-0.1, -0.05) is 29.8 Å². The molecular formula is C23H14Br2ClFN2O2S. The van der Waals surface area contributed by atoms with Gasteiger partial charge in [0.1, 0.15) is 18.2 Å². The van der Waals surface area contributed by atoms with Crippen LogP contribution in [-0.4, -0.2) is 11.1 Å². The van der Waals surface area contributed by atoms with Crippen molar-refractivity contribution in [2.24, 2.45) is 4.99 Å². The molecular weight excluding hydrogens is 583 g/mol. The Morgan fingerprint density at radius 3 is 2.47 bits per heavy atom. The average Bonchev–Trinajstić information content (AvgIpc) is 3.09. The number of thioether (sulfide) groups is 1. The molecule has 1 aliphatic rings. The minimum atomic E-state index is -0.318. The number of hydrogen-bond acceptors (Lipinski definition) is 4. The van der Waals surface area contributed by atoms with E-state index in [4.69, 9.17) is 16.3 Å². The van der Waals surface area contributed by atoms with Gasteiger partial charge in [0.05, 0.1) is 19.5 Å². The number of halogens is 4. The summed E-state index contributed by atoms with van der Waals surface area (Å²) in [5, 5.41) is 3.87. The number of ether oxygens (including phenoxy) is 1. The van der Waals surface area contributed by atoms with Gasteiger partial charge in [-0.3, -0.25) is 4.79 Å². The van der Waals surface area contributed by atoms with Gasteiger partial charge >= 0.3 is 0 Å². The van der Waals surface area contributed by atoms with Gasteiger partial charge in [0.2, 0.25) is 0 Å². The minimum Gasteiger partial charge on any atom is -0.486 e. The van der Waals surface area contributed by atoms with E-state index in [9.17, 15) is 9.18 Å². The molecule has 1 aliphatic heterocycles. The number of nitrogens with zero attached hydrogens (tertiary/aromatic N) is 1. The number of hydrogen-bond donors (Lipinski definition) is 1. The molecule has 3 aromatic rings. The Hall–Kier alpha value is -2.13. The van der Waals surface area contributed by atoms with E-state index in [1.165, 1.54) is 17.8 Å². The number of amidine groups is 1. The standard InChI is InChI=1S/C23H14Br2ClFN2O2S/c24-17-9-13(10-18(25)21(17)31-12-14-3-1-2-4-19(14)27)11-20-22(30)29-23(32-20)28-16-7-5-15(26)6-8-16/h1-11H,12H2,(H,28,29,30)/b20-11-. The maximum Gasteiger partial charge on any atom is 0.264 e. The molecule has 3 aromatic carbocycles. The molecule has 1 amide bonds. The van der Waals surface area contributed by atoms with Crippen molar-refractivity contribution in [3.8, 4) is 5.75 Å². The van der Waals surface area contributed by atoms with Crippen LogP contribution in [0.5, 0.6) is 5.75 Å². The highest BCUT2D eigenvalue weighted by atomic mass is 79.9. The zero-order valence-corrected chi connectivity index (χ0v) is 21.0. The fraction of sp³-hybridized carbons (Fsp3) is 0.0435. The third-order valence-electron chi connectivity index (χ3n) is 4.36. The summed E-state index contributed by atoms with van der Waals surface area (Å²) in [4.78, 5) is 17.3. The summed E-state index contributed by atoms with van der Waals surface area (Å²) in [7, 11) is 0. The Morgan fingerprint density at radius 2 is 1.78 bits per heavy atom. The van der Waals surface area contributed by atoms with Crippen LogP contribution in [0.1, 0.15) is 11.1 Å². The predicted molar refractivity (Wildman–Crippen MR) is 135 cm³/mol.